The van der Waals surface area contributed by atoms with E-state index in [2.05, 4.69) is 50.8 Å². The Balaban J connectivity index is 1.51. The van der Waals surface area contributed by atoms with Gasteiger partial charge in [0.1, 0.15) is 12.3 Å². The van der Waals surface area contributed by atoms with Gasteiger partial charge in [-0.2, -0.15) is 4.98 Å². The van der Waals surface area contributed by atoms with E-state index < -0.39 is 5.72 Å². The predicted molar refractivity (Wildman–Crippen MR) is 105 cm³/mol. The van der Waals surface area contributed by atoms with Gasteiger partial charge in [-0.3, -0.25) is 4.90 Å². The first-order chi connectivity index (χ1) is 13.6. The minimum Gasteiger partial charge on any atom is -0.346 e. The second-order valence-corrected chi connectivity index (χ2v) is 8.75. The molecule has 1 saturated heterocycles. The van der Waals surface area contributed by atoms with Gasteiger partial charge in [-0.15, -0.1) is 0 Å². The number of hydrogen-bond donors (Lipinski definition) is 0. The van der Waals surface area contributed by atoms with Gasteiger partial charge in [-0.1, -0.05) is 23.4 Å². The van der Waals surface area contributed by atoms with Crippen LogP contribution in [0, 0.1) is 12.8 Å². The van der Waals surface area contributed by atoms with E-state index in [-0.39, 0.29) is 0 Å². The summed E-state index contributed by atoms with van der Waals surface area (Å²) < 4.78 is 14.4. The maximum Gasteiger partial charge on any atom is 0.252 e. The van der Waals surface area contributed by atoms with E-state index in [4.69, 9.17) is 9.26 Å². The van der Waals surface area contributed by atoms with E-state index in [1.54, 1.807) is 0 Å². The number of ether oxygens (including phenoxy) is 1. The number of para-hydroxylation sites is 1. The van der Waals surface area contributed by atoms with Crippen molar-refractivity contribution in [2.75, 3.05) is 13.1 Å². The van der Waals surface area contributed by atoms with Crippen molar-refractivity contribution in [1.82, 2.24) is 19.6 Å². The lowest BCUT2D eigenvalue weighted by Gasteiger charge is -2.52. The Morgan fingerprint density at radius 3 is 3.04 bits per heavy atom. The lowest BCUT2D eigenvalue weighted by Crippen LogP contribution is -2.52. The molecule has 0 spiro atoms. The Bertz CT molecular complexity index is 1050. The number of aromatic nitrogens is 3. The average Bonchev–Trinajstić information content (AvgIpc) is 3.28. The molecular formula is C22H26N4O2. The van der Waals surface area contributed by atoms with Gasteiger partial charge >= 0.3 is 0 Å². The molecule has 6 rings (SSSR count). The Hall–Kier alpha value is -2.18. The molecule has 3 aliphatic rings. The normalized spacial score (nSPS) is 29.2. The quantitative estimate of drug-likeness (QED) is 0.691. The SMILES string of the molecule is Cc1noc(COC2(C)CC3CCCN4CCc5c(n2c2ccccc52)C34)n1. The second-order valence-electron chi connectivity index (χ2n) is 8.75. The van der Waals surface area contributed by atoms with Crippen molar-refractivity contribution in [2.24, 2.45) is 5.92 Å². The van der Waals surface area contributed by atoms with Crippen LogP contribution in [0.15, 0.2) is 28.8 Å². The summed E-state index contributed by atoms with van der Waals surface area (Å²) in [7, 11) is 0. The van der Waals surface area contributed by atoms with Crippen LogP contribution < -0.4 is 0 Å². The highest BCUT2D eigenvalue weighted by Crippen LogP contribution is 2.53. The summed E-state index contributed by atoms with van der Waals surface area (Å²) in [6.07, 6.45) is 4.72. The molecule has 0 amide bonds. The van der Waals surface area contributed by atoms with Crippen molar-refractivity contribution < 1.29 is 9.26 Å². The standard InChI is InChI=1S/C22H26N4O2/c1-14-23-19(28-24-14)13-27-22(2)12-15-6-5-10-25-11-9-17-16-7-3-4-8-18(16)26(22)21(17)20(15)25/h3-4,7-8,15,20H,5-6,9-13H2,1-2H3. The fraction of sp³-hybridized carbons (Fsp3) is 0.545. The van der Waals surface area contributed by atoms with Crippen LogP contribution in [0.3, 0.4) is 0 Å². The average molecular weight is 378 g/mol. The van der Waals surface area contributed by atoms with Gasteiger partial charge in [-0.25, -0.2) is 0 Å². The number of hydrogen-bond acceptors (Lipinski definition) is 5. The zero-order valence-electron chi connectivity index (χ0n) is 16.5. The lowest BCUT2D eigenvalue weighted by atomic mass is 9.76. The Morgan fingerprint density at radius 1 is 1.29 bits per heavy atom. The number of nitrogens with zero attached hydrogens (tertiary/aromatic N) is 4. The Morgan fingerprint density at radius 2 is 2.18 bits per heavy atom. The van der Waals surface area contributed by atoms with Crippen molar-refractivity contribution in [1.29, 1.82) is 0 Å². The summed E-state index contributed by atoms with van der Waals surface area (Å²) in [5.41, 5.74) is 3.92. The molecule has 0 radical (unpaired) electrons. The summed E-state index contributed by atoms with van der Waals surface area (Å²) in [4.78, 5) is 7.05. The number of benzene rings is 1. The first kappa shape index (κ1) is 16.7. The van der Waals surface area contributed by atoms with E-state index >= 15 is 0 Å². The fourth-order valence-electron chi connectivity index (χ4n) is 5.99. The first-order valence-corrected chi connectivity index (χ1v) is 10.4. The Kier molecular flexibility index (Phi) is 3.53. The van der Waals surface area contributed by atoms with Crippen molar-refractivity contribution in [2.45, 2.75) is 57.9 Å². The minimum atomic E-state index is -0.406. The molecule has 3 unspecified atom stereocenters. The van der Waals surface area contributed by atoms with Crippen LogP contribution in [0.1, 0.15) is 55.2 Å². The molecule has 3 aliphatic heterocycles. The van der Waals surface area contributed by atoms with Crippen molar-refractivity contribution in [3.05, 3.63) is 47.2 Å². The summed E-state index contributed by atoms with van der Waals surface area (Å²) in [5, 5.41) is 5.30. The van der Waals surface area contributed by atoms with E-state index in [0.717, 1.165) is 12.8 Å². The number of aryl methyl sites for hydroxylation is 1. The van der Waals surface area contributed by atoms with E-state index in [9.17, 15) is 0 Å². The zero-order valence-corrected chi connectivity index (χ0v) is 16.5. The molecule has 3 aromatic rings. The van der Waals surface area contributed by atoms with Crippen LogP contribution in [-0.2, 0) is 23.5 Å². The lowest BCUT2D eigenvalue weighted by molar-refractivity contribution is -0.150. The summed E-state index contributed by atoms with van der Waals surface area (Å²) in [5.74, 6) is 1.84. The molecule has 28 heavy (non-hydrogen) atoms. The van der Waals surface area contributed by atoms with Gasteiger partial charge in [-0.05, 0) is 57.2 Å². The topological polar surface area (TPSA) is 56.3 Å². The maximum absolute atomic E-state index is 6.57. The molecule has 1 aromatic carbocycles. The molecule has 6 nitrogen and oxygen atoms in total. The van der Waals surface area contributed by atoms with Gasteiger partial charge in [0.15, 0.2) is 5.82 Å². The number of piperidine rings is 1. The maximum atomic E-state index is 6.57. The molecule has 1 fully saturated rings. The molecule has 0 saturated carbocycles. The molecule has 6 heteroatoms. The summed E-state index contributed by atoms with van der Waals surface area (Å²) >= 11 is 0. The first-order valence-electron chi connectivity index (χ1n) is 10.4. The van der Waals surface area contributed by atoms with Crippen LogP contribution in [0.2, 0.25) is 0 Å². The van der Waals surface area contributed by atoms with Gasteiger partial charge in [0, 0.05) is 24.0 Å². The molecule has 0 N–H and O–H groups in total. The van der Waals surface area contributed by atoms with Gasteiger partial charge in [0.05, 0.1) is 11.6 Å². The number of rotatable bonds is 3. The highest BCUT2D eigenvalue weighted by atomic mass is 16.5. The Labute approximate surface area is 164 Å². The molecule has 0 aliphatic carbocycles. The van der Waals surface area contributed by atoms with Crippen LogP contribution in [0.4, 0.5) is 0 Å². The third-order valence-corrected chi connectivity index (χ3v) is 7.00. The molecular weight excluding hydrogens is 352 g/mol. The van der Waals surface area contributed by atoms with Gasteiger partial charge in [0.25, 0.3) is 5.89 Å². The van der Waals surface area contributed by atoms with Crippen LogP contribution in [0.5, 0.6) is 0 Å². The largest absolute Gasteiger partial charge is 0.346 e. The van der Waals surface area contributed by atoms with Crippen LogP contribution in [0.25, 0.3) is 10.9 Å². The monoisotopic (exact) mass is 378 g/mol. The van der Waals surface area contributed by atoms with Gasteiger partial charge < -0.3 is 13.8 Å². The van der Waals surface area contributed by atoms with Crippen molar-refractivity contribution in [3.63, 3.8) is 0 Å². The third kappa shape index (κ3) is 2.28. The zero-order chi connectivity index (χ0) is 18.9. The van der Waals surface area contributed by atoms with Crippen molar-refractivity contribution >= 4 is 10.9 Å². The highest BCUT2D eigenvalue weighted by Gasteiger charge is 2.49. The summed E-state index contributed by atoms with van der Waals surface area (Å²) in [6.45, 7) is 6.83. The second kappa shape index (κ2) is 5.91. The van der Waals surface area contributed by atoms with Crippen LogP contribution >= 0.6 is 0 Å². The minimum absolute atomic E-state index is 0.347. The van der Waals surface area contributed by atoms with E-state index in [0.29, 0.717) is 30.3 Å². The summed E-state index contributed by atoms with van der Waals surface area (Å²) in [6, 6.07) is 9.37. The fourth-order valence-corrected chi connectivity index (χ4v) is 5.99. The van der Waals surface area contributed by atoms with E-state index in [1.165, 1.54) is 48.1 Å². The van der Waals surface area contributed by atoms with Gasteiger partial charge in [0.2, 0.25) is 0 Å². The molecule has 5 heterocycles. The highest BCUT2D eigenvalue weighted by molar-refractivity contribution is 5.86. The predicted octanol–water partition coefficient (Wildman–Crippen LogP) is 3.94. The third-order valence-electron chi connectivity index (χ3n) is 7.00. The van der Waals surface area contributed by atoms with Crippen molar-refractivity contribution in [3.8, 4) is 0 Å². The smallest absolute Gasteiger partial charge is 0.252 e. The van der Waals surface area contributed by atoms with Crippen LogP contribution in [-0.4, -0.2) is 32.7 Å². The molecule has 2 aromatic heterocycles. The molecule has 146 valence electrons. The molecule has 0 bridgehead atoms. The molecule has 3 atom stereocenters. The van der Waals surface area contributed by atoms with E-state index in [1.807, 2.05) is 6.92 Å². The number of fused-ring (bicyclic) bond motifs is 3.